The summed E-state index contributed by atoms with van der Waals surface area (Å²) in [6.45, 7) is 6.48. The molecule has 24 heavy (non-hydrogen) atoms. The van der Waals surface area contributed by atoms with Crippen molar-refractivity contribution >= 4 is 12.1 Å². The van der Waals surface area contributed by atoms with Crippen LogP contribution in [-0.4, -0.2) is 42.8 Å². The van der Waals surface area contributed by atoms with Crippen molar-refractivity contribution in [3.63, 3.8) is 0 Å². The Morgan fingerprint density at radius 2 is 1.83 bits per heavy atom. The second kappa shape index (κ2) is 7.20. The highest BCUT2D eigenvalue weighted by Gasteiger charge is 2.29. The molecule has 0 saturated carbocycles. The average Bonchev–Trinajstić information content (AvgIpc) is 2.53. The molecule has 5 nitrogen and oxygen atoms in total. The van der Waals surface area contributed by atoms with Gasteiger partial charge in [-0.3, -0.25) is 0 Å². The lowest BCUT2D eigenvalue weighted by Crippen LogP contribution is -2.41. The molecule has 1 fully saturated rings. The van der Waals surface area contributed by atoms with Crippen LogP contribution >= 0.6 is 0 Å². The molecule has 0 radical (unpaired) electrons. The van der Waals surface area contributed by atoms with E-state index < -0.39 is 17.4 Å². The Balaban J connectivity index is 2.05. The first-order chi connectivity index (χ1) is 11.2. The zero-order chi connectivity index (χ0) is 17.9. The van der Waals surface area contributed by atoms with E-state index in [-0.39, 0.29) is 17.6 Å². The first kappa shape index (κ1) is 18.2. The maximum absolute atomic E-state index is 14.6. The Hall–Kier alpha value is -2.11. The molecule has 1 saturated heterocycles. The molecular formula is C18H24FNO4. The van der Waals surface area contributed by atoms with Gasteiger partial charge in [0.15, 0.2) is 0 Å². The SMILES string of the molecule is COC(=O)c1cccc(C2CCN(C(=O)OC(C)(C)C)CC2)c1F. The van der Waals surface area contributed by atoms with Gasteiger partial charge in [0.2, 0.25) is 0 Å². The first-order valence-electron chi connectivity index (χ1n) is 8.07. The van der Waals surface area contributed by atoms with Crippen LogP contribution in [0.25, 0.3) is 0 Å². The highest BCUT2D eigenvalue weighted by Crippen LogP contribution is 2.31. The fourth-order valence-electron chi connectivity index (χ4n) is 2.83. The molecule has 132 valence electrons. The van der Waals surface area contributed by atoms with Crippen molar-refractivity contribution in [1.82, 2.24) is 4.90 Å². The van der Waals surface area contributed by atoms with Crippen molar-refractivity contribution in [1.29, 1.82) is 0 Å². The van der Waals surface area contributed by atoms with Crippen molar-refractivity contribution < 1.29 is 23.5 Å². The smallest absolute Gasteiger partial charge is 0.410 e. The Morgan fingerprint density at radius 1 is 1.21 bits per heavy atom. The summed E-state index contributed by atoms with van der Waals surface area (Å²) in [4.78, 5) is 25.3. The van der Waals surface area contributed by atoms with Gasteiger partial charge in [0.05, 0.1) is 12.7 Å². The summed E-state index contributed by atoms with van der Waals surface area (Å²) >= 11 is 0. The number of benzene rings is 1. The third-order valence-electron chi connectivity index (χ3n) is 4.02. The predicted octanol–water partition coefficient (Wildman–Crippen LogP) is 3.73. The number of hydrogen-bond donors (Lipinski definition) is 0. The molecule has 0 spiro atoms. The fraction of sp³-hybridized carbons (Fsp3) is 0.556. The van der Waals surface area contributed by atoms with E-state index in [1.807, 2.05) is 20.8 Å². The zero-order valence-electron chi connectivity index (χ0n) is 14.6. The molecule has 1 aliphatic rings. The van der Waals surface area contributed by atoms with Crippen LogP contribution in [0.5, 0.6) is 0 Å². The fourth-order valence-corrected chi connectivity index (χ4v) is 2.83. The number of methoxy groups -OCH3 is 1. The van der Waals surface area contributed by atoms with Crippen molar-refractivity contribution in [2.45, 2.75) is 45.1 Å². The predicted molar refractivity (Wildman–Crippen MR) is 87.5 cm³/mol. The zero-order valence-corrected chi connectivity index (χ0v) is 14.6. The van der Waals surface area contributed by atoms with Crippen LogP contribution in [0, 0.1) is 5.82 Å². The number of nitrogens with zero attached hydrogens (tertiary/aromatic N) is 1. The van der Waals surface area contributed by atoms with E-state index in [0.29, 0.717) is 31.5 Å². The second-order valence-corrected chi connectivity index (χ2v) is 6.94. The van der Waals surface area contributed by atoms with Gasteiger partial charge >= 0.3 is 12.1 Å². The Kier molecular flexibility index (Phi) is 5.47. The third kappa shape index (κ3) is 4.24. The minimum absolute atomic E-state index is 0.0340. The molecule has 0 bridgehead atoms. The lowest BCUT2D eigenvalue weighted by atomic mass is 9.88. The molecule has 0 aliphatic carbocycles. The van der Waals surface area contributed by atoms with E-state index in [0.717, 1.165) is 0 Å². The van der Waals surface area contributed by atoms with Gasteiger partial charge in [-0.25, -0.2) is 14.0 Å². The minimum Gasteiger partial charge on any atom is -0.465 e. The first-order valence-corrected chi connectivity index (χ1v) is 8.07. The summed E-state index contributed by atoms with van der Waals surface area (Å²) in [5.41, 5.74) is -0.0826. The monoisotopic (exact) mass is 337 g/mol. The highest BCUT2D eigenvalue weighted by molar-refractivity contribution is 5.89. The number of hydrogen-bond acceptors (Lipinski definition) is 4. The summed E-state index contributed by atoms with van der Waals surface area (Å²) in [6.07, 6.45) is 0.909. The minimum atomic E-state index is -0.680. The molecule has 1 aliphatic heterocycles. The van der Waals surface area contributed by atoms with Gasteiger partial charge in [0, 0.05) is 13.1 Å². The number of piperidine rings is 1. The van der Waals surface area contributed by atoms with Gasteiger partial charge < -0.3 is 14.4 Å². The van der Waals surface area contributed by atoms with E-state index >= 15 is 0 Å². The van der Waals surface area contributed by atoms with Crippen LogP contribution in [0.1, 0.15) is 55.5 Å². The van der Waals surface area contributed by atoms with Crippen LogP contribution in [0.3, 0.4) is 0 Å². The van der Waals surface area contributed by atoms with Crippen molar-refractivity contribution in [3.8, 4) is 0 Å². The van der Waals surface area contributed by atoms with E-state index in [9.17, 15) is 14.0 Å². The van der Waals surface area contributed by atoms with Gasteiger partial charge in [-0.05, 0) is 51.2 Å². The van der Waals surface area contributed by atoms with Gasteiger partial charge in [0.25, 0.3) is 0 Å². The van der Waals surface area contributed by atoms with Crippen molar-refractivity contribution in [2.24, 2.45) is 0 Å². The summed E-state index contributed by atoms with van der Waals surface area (Å²) in [5.74, 6) is -1.24. The quantitative estimate of drug-likeness (QED) is 0.772. The Morgan fingerprint density at radius 3 is 2.38 bits per heavy atom. The van der Waals surface area contributed by atoms with Crippen LogP contribution in [0.15, 0.2) is 18.2 Å². The van der Waals surface area contributed by atoms with Crippen molar-refractivity contribution in [2.75, 3.05) is 20.2 Å². The van der Waals surface area contributed by atoms with E-state index in [2.05, 4.69) is 4.74 Å². The molecule has 6 heteroatoms. The number of likely N-dealkylation sites (tertiary alicyclic amines) is 1. The van der Waals surface area contributed by atoms with Gasteiger partial charge in [-0.1, -0.05) is 12.1 Å². The number of amides is 1. The van der Waals surface area contributed by atoms with E-state index in [1.54, 1.807) is 17.0 Å². The molecular weight excluding hydrogens is 313 g/mol. The topological polar surface area (TPSA) is 55.8 Å². The molecule has 1 heterocycles. The molecule has 2 rings (SSSR count). The third-order valence-corrected chi connectivity index (χ3v) is 4.02. The largest absolute Gasteiger partial charge is 0.465 e. The Labute approximate surface area is 141 Å². The van der Waals surface area contributed by atoms with E-state index in [4.69, 9.17) is 4.74 Å². The van der Waals surface area contributed by atoms with Gasteiger partial charge in [0.1, 0.15) is 11.4 Å². The standard InChI is InChI=1S/C18H24FNO4/c1-18(2,3)24-17(22)20-10-8-12(9-11-20)13-6-5-7-14(15(13)19)16(21)23-4/h5-7,12H,8-11H2,1-4H3. The maximum atomic E-state index is 14.6. The number of rotatable bonds is 2. The molecule has 0 atom stereocenters. The summed E-state index contributed by atoms with van der Waals surface area (Å²) < 4.78 is 24.5. The molecule has 0 N–H and O–H groups in total. The average molecular weight is 337 g/mol. The normalized spacial score (nSPS) is 16.0. The van der Waals surface area contributed by atoms with Gasteiger partial charge in [-0.15, -0.1) is 0 Å². The second-order valence-electron chi connectivity index (χ2n) is 6.94. The summed E-state index contributed by atoms with van der Waals surface area (Å²) in [7, 11) is 1.23. The van der Waals surface area contributed by atoms with Crippen molar-refractivity contribution in [3.05, 3.63) is 35.1 Å². The number of carbonyl (C=O) groups excluding carboxylic acids is 2. The molecule has 1 aromatic carbocycles. The van der Waals surface area contributed by atoms with Gasteiger partial charge in [-0.2, -0.15) is 0 Å². The lowest BCUT2D eigenvalue weighted by Gasteiger charge is -2.33. The van der Waals surface area contributed by atoms with Crippen LogP contribution < -0.4 is 0 Å². The lowest BCUT2D eigenvalue weighted by molar-refractivity contribution is 0.0204. The van der Waals surface area contributed by atoms with E-state index in [1.165, 1.54) is 13.2 Å². The van der Waals surface area contributed by atoms with Crippen LogP contribution in [0.2, 0.25) is 0 Å². The molecule has 1 aromatic rings. The summed E-state index contributed by atoms with van der Waals surface area (Å²) in [5, 5.41) is 0. The Bertz CT molecular complexity index is 616. The number of halogens is 1. The van der Waals surface area contributed by atoms with Crippen LogP contribution in [-0.2, 0) is 9.47 Å². The summed E-state index contributed by atoms with van der Waals surface area (Å²) in [6, 6.07) is 4.76. The molecule has 1 amide bonds. The number of ether oxygens (including phenoxy) is 2. The maximum Gasteiger partial charge on any atom is 0.410 e. The highest BCUT2D eigenvalue weighted by atomic mass is 19.1. The molecule has 0 aromatic heterocycles. The van der Waals surface area contributed by atoms with Crippen LogP contribution in [0.4, 0.5) is 9.18 Å². The number of esters is 1. The number of carbonyl (C=O) groups is 2. The molecule has 0 unspecified atom stereocenters.